The van der Waals surface area contributed by atoms with Gasteiger partial charge in [0.2, 0.25) is 0 Å². The van der Waals surface area contributed by atoms with Crippen LogP contribution in [0.5, 0.6) is 0 Å². The van der Waals surface area contributed by atoms with Crippen LogP contribution in [-0.2, 0) is 0 Å². The number of H-pyrrole nitrogens is 1. The van der Waals surface area contributed by atoms with Gasteiger partial charge in [-0.15, -0.1) is 0 Å². The second kappa shape index (κ2) is 2.31. The Hall–Kier alpha value is -1.30. The Bertz CT molecular complexity index is 207. The number of nitrogens with zero attached hydrogens (tertiary/aromatic N) is 2. The van der Waals surface area contributed by atoms with Gasteiger partial charge in [0.05, 0.1) is 24.0 Å². The Labute approximate surface area is 53.3 Å². The van der Waals surface area contributed by atoms with Gasteiger partial charge in [0.15, 0.2) is 0 Å². The molecule has 0 aliphatic rings. The summed E-state index contributed by atoms with van der Waals surface area (Å²) >= 11 is 0. The van der Waals surface area contributed by atoms with E-state index in [0.717, 1.165) is 5.69 Å². The first kappa shape index (κ1) is 5.83. The lowest BCUT2D eigenvalue weighted by Crippen LogP contribution is -1.87. The Morgan fingerprint density at radius 1 is 1.89 bits per heavy atom. The van der Waals surface area contributed by atoms with Crippen LogP contribution in [0.2, 0.25) is 0 Å². The highest BCUT2D eigenvalue weighted by Gasteiger charge is 2.02. The first-order chi connectivity index (χ1) is 4.34. The van der Waals surface area contributed by atoms with Crippen LogP contribution in [0.4, 0.5) is 0 Å². The fraction of sp³-hybridized carbons (Fsp3) is 0.333. The third-order valence-corrected chi connectivity index (χ3v) is 1.18. The zero-order valence-electron chi connectivity index (χ0n) is 5.13. The van der Waals surface area contributed by atoms with E-state index in [1.165, 1.54) is 0 Å². The minimum absolute atomic E-state index is 0.0764. The lowest BCUT2D eigenvalue weighted by atomic mass is 10.1. The van der Waals surface area contributed by atoms with Gasteiger partial charge in [-0.05, 0) is 6.92 Å². The lowest BCUT2D eigenvalue weighted by molar-refractivity contribution is 0.935. The first-order valence-electron chi connectivity index (χ1n) is 2.72. The van der Waals surface area contributed by atoms with Gasteiger partial charge < -0.3 is 4.98 Å². The van der Waals surface area contributed by atoms with Crippen molar-refractivity contribution in [3.05, 3.63) is 18.2 Å². The fourth-order valence-electron chi connectivity index (χ4n) is 0.573. The van der Waals surface area contributed by atoms with E-state index in [2.05, 4.69) is 16.0 Å². The average Bonchev–Trinajstić information content (AvgIpc) is 2.37. The predicted molar refractivity (Wildman–Crippen MR) is 32.6 cm³/mol. The molecule has 0 amide bonds. The van der Waals surface area contributed by atoms with Crippen molar-refractivity contribution in [2.24, 2.45) is 0 Å². The van der Waals surface area contributed by atoms with E-state index in [1.54, 1.807) is 12.5 Å². The van der Waals surface area contributed by atoms with Gasteiger partial charge in [0.1, 0.15) is 0 Å². The largest absolute Gasteiger partial charge is 0.347 e. The summed E-state index contributed by atoms with van der Waals surface area (Å²) in [6.07, 6.45) is 3.23. The predicted octanol–water partition coefficient (Wildman–Crippen LogP) is 1.04. The summed E-state index contributed by atoms with van der Waals surface area (Å²) in [4.78, 5) is 6.64. The Balaban J connectivity index is 2.80. The van der Waals surface area contributed by atoms with Crippen molar-refractivity contribution in [1.29, 1.82) is 5.26 Å². The van der Waals surface area contributed by atoms with Crippen LogP contribution >= 0.6 is 0 Å². The normalized spacial score (nSPS) is 12.4. The molecule has 0 spiro atoms. The molecule has 1 heterocycles. The summed E-state index contributed by atoms with van der Waals surface area (Å²) in [7, 11) is 0. The molecule has 0 aliphatic heterocycles. The number of aromatic amines is 1. The third kappa shape index (κ3) is 1.08. The molecule has 0 bridgehead atoms. The van der Waals surface area contributed by atoms with E-state index < -0.39 is 0 Å². The van der Waals surface area contributed by atoms with E-state index in [1.807, 2.05) is 6.92 Å². The standard InChI is InChI=1S/C6H7N3/c1-5(2-7)6-3-8-4-9-6/h3-5H,1H3,(H,8,9). The van der Waals surface area contributed by atoms with Gasteiger partial charge in [-0.2, -0.15) is 5.26 Å². The Morgan fingerprint density at radius 2 is 2.67 bits per heavy atom. The van der Waals surface area contributed by atoms with Crippen molar-refractivity contribution in [2.75, 3.05) is 0 Å². The van der Waals surface area contributed by atoms with E-state index >= 15 is 0 Å². The maximum atomic E-state index is 8.41. The van der Waals surface area contributed by atoms with Gasteiger partial charge in [0.25, 0.3) is 0 Å². The van der Waals surface area contributed by atoms with Gasteiger partial charge in [-0.1, -0.05) is 0 Å². The molecule has 46 valence electrons. The van der Waals surface area contributed by atoms with E-state index in [4.69, 9.17) is 5.26 Å². The molecule has 1 unspecified atom stereocenters. The van der Waals surface area contributed by atoms with E-state index in [-0.39, 0.29) is 5.92 Å². The summed E-state index contributed by atoms with van der Waals surface area (Å²) in [5.41, 5.74) is 0.873. The molecule has 0 saturated carbocycles. The number of imidazole rings is 1. The molecule has 1 N–H and O–H groups in total. The second-order valence-electron chi connectivity index (χ2n) is 1.86. The summed E-state index contributed by atoms with van der Waals surface area (Å²) < 4.78 is 0. The lowest BCUT2D eigenvalue weighted by Gasteiger charge is -1.92. The van der Waals surface area contributed by atoms with Crippen LogP contribution in [0, 0.1) is 11.3 Å². The van der Waals surface area contributed by atoms with Crippen LogP contribution in [0.25, 0.3) is 0 Å². The molecule has 0 aromatic carbocycles. The van der Waals surface area contributed by atoms with Crippen molar-refractivity contribution in [3.8, 4) is 6.07 Å². The molecule has 3 heteroatoms. The van der Waals surface area contributed by atoms with Crippen molar-refractivity contribution in [2.45, 2.75) is 12.8 Å². The maximum Gasteiger partial charge on any atom is 0.0922 e. The number of hydrogen-bond acceptors (Lipinski definition) is 2. The molecule has 0 saturated heterocycles. The first-order valence-corrected chi connectivity index (χ1v) is 2.72. The van der Waals surface area contributed by atoms with Crippen LogP contribution in [0.15, 0.2) is 12.5 Å². The average molecular weight is 121 g/mol. The molecule has 9 heavy (non-hydrogen) atoms. The molecule has 0 fully saturated rings. The van der Waals surface area contributed by atoms with Crippen LogP contribution < -0.4 is 0 Å². The number of nitrogens with one attached hydrogen (secondary N) is 1. The number of rotatable bonds is 1. The molecule has 3 nitrogen and oxygen atoms in total. The van der Waals surface area contributed by atoms with Gasteiger partial charge in [0, 0.05) is 6.20 Å². The minimum Gasteiger partial charge on any atom is -0.347 e. The van der Waals surface area contributed by atoms with Gasteiger partial charge in [-0.3, -0.25) is 0 Å². The molecular weight excluding hydrogens is 114 g/mol. The van der Waals surface area contributed by atoms with Crippen molar-refractivity contribution in [3.63, 3.8) is 0 Å². The highest BCUT2D eigenvalue weighted by atomic mass is 14.9. The molecule has 0 radical (unpaired) electrons. The fourth-order valence-corrected chi connectivity index (χ4v) is 0.573. The topological polar surface area (TPSA) is 52.5 Å². The zero-order chi connectivity index (χ0) is 6.69. The van der Waals surface area contributed by atoms with Crippen molar-refractivity contribution < 1.29 is 0 Å². The second-order valence-corrected chi connectivity index (χ2v) is 1.86. The molecule has 1 aromatic heterocycles. The van der Waals surface area contributed by atoms with Crippen molar-refractivity contribution >= 4 is 0 Å². The minimum atomic E-state index is -0.0764. The van der Waals surface area contributed by atoms with Crippen LogP contribution in [-0.4, -0.2) is 9.97 Å². The van der Waals surface area contributed by atoms with Crippen LogP contribution in [0.1, 0.15) is 18.5 Å². The zero-order valence-corrected chi connectivity index (χ0v) is 5.13. The monoisotopic (exact) mass is 121 g/mol. The van der Waals surface area contributed by atoms with E-state index in [9.17, 15) is 0 Å². The smallest absolute Gasteiger partial charge is 0.0922 e. The van der Waals surface area contributed by atoms with E-state index in [0.29, 0.717) is 0 Å². The molecule has 1 aromatic rings. The highest BCUT2D eigenvalue weighted by Crippen LogP contribution is 2.07. The SMILES string of the molecule is CC(C#N)c1cnc[nH]1. The Morgan fingerprint density at radius 3 is 3.11 bits per heavy atom. The highest BCUT2D eigenvalue weighted by molar-refractivity contribution is 5.10. The van der Waals surface area contributed by atoms with Crippen molar-refractivity contribution in [1.82, 2.24) is 9.97 Å². The molecule has 1 rings (SSSR count). The number of aromatic nitrogens is 2. The maximum absolute atomic E-state index is 8.41. The molecular formula is C6H7N3. The van der Waals surface area contributed by atoms with Gasteiger partial charge >= 0.3 is 0 Å². The molecule has 0 aliphatic carbocycles. The van der Waals surface area contributed by atoms with Gasteiger partial charge in [-0.25, -0.2) is 4.98 Å². The summed E-state index contributed by atoms with van der Waals surface area (Å²) in [6.45, 7) is 1.83. The summed E-state index contributed by atoms with van der Waals surface area (Å²) in [6, 6.07) is 2.10. The quantitative estimate of drug-likeness (QED) is 0.603. The van der Waals surface area contributed by atoms with Crippen LogP contribution in [0.3, 0.4) is 0 Å². The summed E-state index contributed by atoms with van der Waals surface area (Å²) in [5, 5.41) is 8.41. The Kier molecular flexibility index (Phi) is 1.50. The third-order valence-electron chi connectivity index (χ3n) is 1.18. The molecule has 1 atom stereocenters. The number of nitriles is 1. The number of hydrogen-bond donors (Lipinski definition) is 1. The summed E-state index contributed by atoms with van der Waals surface area (Å²) in [5.74, 6) is -0.0764.